The molecule has 0 aliphatic rings. The van der Waals surface area contributed by atoms with Crippen LogP contribution in [-0.4, -0.2) is 25.5 Å². The van der Waals surface area contributed by atoms with E-state index < -0.39 is 0 Å². The van der Waals surface area contributed by atoms with Crippen molar-refractivity contribution in [1.29, 1.82) is 0 Å². The maximum absolute atomic E-state index is 12.1. The molecule has 0 aromatic carbocycles. The molecule has 5 nitrogen and oxygen atoms in total. The molecule has 0 N–H and O–H groups in total. The van der Waals surface area contributed by atoms with Gasteiger partial charge in [-0.05, 0) is 24.3 Å². The number of hydrogen-bond acceptors (Lipinski definition) is 4. The van der Waals surface area contributed by atoms with E-state index in [1.807, 2.05) is 44.3 Å². The molecule has 0 fully saturated rings. The van der Waals surface area contributed by atoms with Crippen molar-refractivity contribution >= 4 is 5.78 Å². The van der Waals surface area contributed by atoms with Crippen LogP contribution >= 0.6 is 0 Å². The first-order chi connectivity index (χ1) is 10.6. The maximum atomic E-state index is 12.1. The van der Waals surface area contributed by atoms with Crippen LogP contribution in [0.15, 0.2) is 55.1 Å². The van der Waals surface area contributed by atoms with Crippen LogP contribution in [0.5, 0.6) is 0 Å². The van der Waals surface area contributed by atoms with E-state index in [-0.39, 0.29) is 11.7 Å². The number of aromatic nitrogens is 4. The molecule has 0 atom stereocenters. The fourth-order valence-corrected chi connectivity index (χ4v) is 2.11. The van der Waals surface area contributed by atoms with E-state index in [4.69, 9.17) is 0 Å². The number of ketones is 1. The van der Waals surface area contributed by atoms with E-state index in [1.54, 1.807) is 29.3 Å². The van der Waals surface area contributed by atoms with Gasteiger partial charge in [0.05, 0.1) is 23.8 Å². The summed E-state index contributed by atoms with van der Waals surface area (Å²) in [6, 6.07) is 9.26. The molecule has 3 aromatic rings. The molecule has 0 spiro atoms. The van der Waals surface area contributed by atoms with Gasteiger partial charge in [-0.25, -0.2) is 9.67 Å². The normalized spacial score (nSPS) is 10.9. The summed E-state index contributed by atoms with van der Waals surface area (Å²) in [6.07, 6.45) is 7.07. The second-order valence-electron chi connectivity index (χ2n) is 5.31. The van der Waals surface area contributed by atoms with Crippen LogP contribution in [-0.2, 0) is 0 Å². The van der Waals surface area contributed by atoms with Gasteiger partial charge in [-0.15, -0.1) is 0 Å². The lowest BCUT2D eigenvalue weighted by Gasteiger charge is -2.04. The zero-order chi connectivity index (χ0) is 15.5. The van der Waals surface area contributed by atoms with Crippen molar-refractivity contribution in [2.75, 3.05) is 0 Å². The van der Waals surface area contributed by atoms with Crippen LogP contribution in [0.25, 0.3) is 16.9 Å². The monoisotopic (exact) mass is 292 g/mol. The molecule has 0 amide bonds. The topological polar surface area (TPSA) is 60.7 Å². The van der Waals surface area contributed by atoms with Crippen molar-refractivity contribution in [1.82, 2.24) is 19.7 Å². The minimum atomic E-state index is -0.0686. The highest BCUT2D eigenvalue weighted by atomic mass is 16.1. The summed E-state index contributed by atoms with van der Waals surface area (Å²) in [5.41, 5.74) is 2.97. The van der Waals surface area contributed by atoms with Crippen LogP contribution in [0.4, 0.5) is 0 Å². The van der Waals surface area contributed by atoms with Crippen LogP contribution in [0.2, 0.25) is 0 Å². The minimum absolute atomic E-state index is 0.0431. The first kappa shape index (κ1) is 14.1. The number of rotatable bonds is 4. The Morgan fingerprint density at radius 3 is 2.73 bits per heavy atom. The molecule has 5 heteroatoms. The SMILES string of the molecule is CC(C)C(=O)c1cccc(-c2cnn(-c3cccnc3)c2)n1. The number of Topliss-reactive ketones (excluding diaryl/α,β-unsaturated/α-hetero) is 1. The van der Waals surface area contributed by atoms with Gasteiger partial charge in [0.2, 0.25) is 0 Å². The average Bonchev–Trinajstić information content (AvgIpc) is 3.05. The van der Waals surface area contributed by atoms with Crippen molar-refractivity contribution in [2.24, 2.45) is 5.92 Å². The standard InChI is InChI=1S/C17H16N4O/c1-12(2)17(22)16-7-3-6-15(20-16)13-9-19-21(11-13)14-5-4-8-18-10-14/h3-12H,1-2H3. The van der Waals surface area contributed by atoms with Gasteiger partial charge in [-0.2, -0.15) is 5.10 Å². The van der Waals surface area contributed by atoms with E-state index in [2.05, 4.69) is 15.1 Å². The Hall–Kier alpha value is -2.82. The van der Waals surface area contributed by atoms with E-state index >= 15 is 0 Å². The molecule has 3 aromatic heterocycles. The molecule has 0 saturated carbocycles. The molecule has 0 bridgehead atoms. The summed E-state index contributed by atoms with van der Waals surface area (Å²) in [7, 11) is 0. The fourth-order valence-electron chi connectivity index (χ4n) is 2.11. The van der Waals surface area contributed by atoms with E-state index in [1.165, 1.54) is 0 Å². The third-order valence-corrected chi connectivity index (χ3v) is 3.31. The Morgan fingerprint density at radius 1 is 1.14 bits per heavy atom. The van der Waals surface area contributed by atoms with Gasteiger partial charge in [0.25, 0.3) is 0 Å². The zero-order valence-electron chi connectivity index (χ0n) is 12.5. The summed E-state index contributed by atoms with van der Waals surface area (Å²) in [6.45, 7) is 3.74. The summed E-state index contributed by atoms with van der Waals surface area (Å²) in [5, 5.41) is 4.32. The molecule has 0 aliphatic heterocycles. The van der Waals surface area contributed by atoms with Crippen LogP contribution in [0.1, 0.15) is 24.3 Å². The van der Waals surface area contributed by atoms with Crippen molar-refractivity contribution in [2.45, 2.75) is 13.8 Å². The Bertz CT molecular complexity index is 793. The lowest BCUT2D eigenvalue weighted by atomic mass is 10.1. The molecule has 110 valence electrons. The van der Waals surface area contributed by atoms with Crippen molar-refractivity contribution in [3.8, 4) is 16.9 Å². The molecule has 3 rings (SSSR count). The summed E-state index contributed by atoms with van der Waals surface area (Å²) < 4.78 is 1.74. The van der Waals surface area contributed by atoms with E-state index in [9.17, 15) is 4.79 Å². The second-order valence-corrected chi connectivity index (χ2v) is 5.31. The quantitative estimate of drug-likeness (QED) is 0.693. The Kier molecular flexibility index (Phi) is 3.78. The second kappa shape index (κ2) is 5.89. The number of nitrogens with zero attached hydrogens (tertiary/aromatic N) is 4. The van der Waals surface area contributed by atoms with E-state index in [0.29, 0.717) is 5.69 Å². The number of carbonyl (C=O) groups is 1. The highest BCUT2D eigenvalue weighted by Gasteiger charge is 2.13. The first-order valence-electron chi connectivity index (χ1n) is 7.12. The van der Waals surface area contributed by atoms with Gasteiger partial charge in [0.15, 0.2) is 5.78 Å². The molecule has 22 heavy (non-hydrogen) atoms. The van der Waals surface area contributed by atoms with Crippen molar-refractivity contribution in [3.63, 3.8) is 0 Å². The molecule has 0 radical (unpaired) electrons. The Labute approximate surface area is 128 Å². The van der Waals surface area contributed by atoms with Gasteiger partial charge < -0.3 is 0 Å². The smallest absolute Gasteiger partial charge is 0.183 e. The van der Waals surface area contributed by atoms with Gasteiger partial charge in [0, 0.05) is 23.9 Å². The summed E-state index contributed by atoms with van der Waals surface area (Å²) in [4.78, 5) is 20.6. The fraction of sp³-hybridized carbons (Fsp3) is 0.176. The third kappa shape index (κ3) is 2.79. The summed E-state index contributed by atoms with van der Waals surface area (Å²) in [5.74, 6) is -0.0256. The number of pyridine rings is 2. The predicted octanol–water partition coefficient (Wildman–Crippen LogP) is 3.17. The van der Waals surface area contributed by atoms with Gasteiger partial charge >= 0.3 is 0 Å². The molecular formula is C17H16N4O. The van der Waals surface area contributed by atoms with Crippen molar-refractivity contribution in [3.05, 3.63) is 60.8 Å². The van der Waals surface area contributed by atoms with Gasteiger partial charge in [-0.3, -0.25) is 9.78 Å². The first-order valence-corrected chi connectivity index (χ1v) is 7.12. The molecule has 0 aliphatic carbocycles. The zero-order valence-corrected chi connectivity index (χ0v) is 12.5. The predicted molar refractivity (Wildman–Crippen MR) is 83.8 cm³/mol. The molecule has 0 unspecified atom stereocenters. The highest BCUT2D eigenvalue weighted by Crippen LogP contribution is 2.19. The summed E-state index contributed by atoms with van der Waals surface area (Å²) >= 11 is 0. The lowest BCUT2D eigenvalue weighted by molar-refractivity contribution is 0.0934. The van der Waals surface area contributed by atoms with Gasteiger partial charge in [0.1, 0.15) is 5.69 Å². The maximum Gasteiger partial charge on any atom is 0.183 e. The lowest BCUT2D eigenvalue weighted by Crippen LogP contribution is -2.09. The highest BCUT2D eigenvalue weighted by molar-refractivity contribution is 5.96. The van der Waals surface area contributed by atoms with Crippen LogP contribution < -0.4 is 0 Å². The van der Waals surface area contributed by atoms with Crippen LogP contribution in [0.3, 0.4) is 0 Å². The van der Waals surface area contributed by atoms with Gasteiger partial charge in [-0.1, -0.05) is 19.9 Å². The molecule has 0 saturated heterocycles. The minimum Gasteiger partial charge on any atom is -0.292 e. The van der Waals surface area contributed by atoms with Crippen molar-refractivity contribution < 1.29 is 4.79 Å². The van der Waals surface area contributed by atoms with Crippen LogP contribution in [0, 0.1) is 5.92 Å². The molecule has 3 heterocycles. The Morgan fingerprint density at radius 2 is 2.00 bits per heavy atom. The molecular weight excluding hydrogens is 276 g/mol. The van der Waals surface area contributed by atoms with E-state index in [0.717, 1.165) is 16.9 Å². The number of hydrogen-bond donors (Lipinski definition) is 0. The third-order valence-electron chi connectivity index (χ3n) is 3.31. The largest absolute Gasteiger partial charge is 0.292 e. The average molecular weight is 292 g/mol. The number of carbonyl (C=O) groups excluding carboxylic acids is 1. The Balaban J connectivity index is 1.94.